The third-order valence-electron chi connectivity index (χ3n) is 2.48. The number of allylic oxidation sites excluding steroid dienone is 3. The van der Waals surface area contributed by atoms with Crippen molar-refractivity contribution in [1.82, 2.24) is 0 Å². The van der Waals surface area contributed by atoms with Crippen LogP contribution in [0.25, 0.3) is 0 Å². The Bertz CT molecular complexity index is 203. The number of carbonyl (C=O) groups excluding carboxylic acids is 1. The summed E-state index contributed by atoms with van der Waals surface area (Å²) in [6.07, 6.45) is 8.04. The molecule has 0 amide bonds. The topological polar surface area (TPSA) is 17.1 Å². The van der Waals surface area contributed by atoms with Crippen molar-refractivity contribution in [2.45, 2.75) is 26.2 Å². The second-order valence-electron chi connectivity index (χ2n) is 3.27. The van der Waals surface area contributed by atoms with Gasteiger partial charge in [-0.05, 0) is 26.2 Å². The van der Waals surface area contributed by atoms with E-state index in [0.29, 0.717) is 0 Å². The van der Waals surface area contributed by atoms with Gasteiger partial charge in [0.2, 0.25) is 0 Å². The maximum atomic E-state index is 10.8. The highest BCUT2D eigenvalue weighted by molar-refractivity contribution is 5.65. The highest BCUT2D eigenvalue weighted by atomic mass is 16.1. The molecule has 1 aliphatic rings. The molecule has 0 unspecified atom stereocenters. The monoisotopic (exact) mass is 150 g/mol. The molecular weight excluding hydrogens is 136 g/mol. The van der Waals surface area contributed by atoms with E-state index in [2.05, 4.69) is 18.7 Å². The van der Waals surface area contributed by atoms with Crippen LogP contribution in [0, 0.1) is 5.41 Å². The summed E-state index contributed by atoms with van der Waals surface area (Å²) in [7, 11) is 0. The van der Waals surface area contributed by atoms with Crippen molar-refractivity contribution in [2.75, 3.05) is 0 Å². The van der Waals surface area contributed by atoms with Crippen LogP contribution in [0.4, 0.5) is 0 Å². The molecule has 0 aromatic carbocycles. The first-order valence-corrected chi connectivity index (χ1v) is 3.98. The largest absolute Gasteiger partial charge is 0.302 e. The molecule has 0 saturated carbocycles. The van der Waals surface area contributed by atoms with Crippen molar-refractivity contribution >= 4 is 6.29 Å². The van der Waals surface area contributed by atoms with E-state index >= 15 is 0 Å². The normalized spacial score (nSPS) is 29.9. The number of aldehydes is 1. The third-order valence-corrected chi connectivity index (χ3v) is 2.48. The standard InChI is InChI=1S/C10H14O/c1-9(2)10(8-11)6-4-3-5-7-10/h3-4,8H,1,5-7H2,2H3/t10-/m1/s1. The molecule has 0 bridgehead atoms. The predicted molar refractivity (Wildman–Crippen MR) is 46.3 cm³/mol. The fourth-order valence-electron chi connectivity index (χ4n) is 1.45. The number of carbonyl (C=O) groups is 1. The van der Waals surface area contributed by atoms with Gasteiger partial charge in [0.15, 0.2) is 0 Å². The predicted octanol–water partition coefficient (Wildman–Crippen LogP) is 2.49. The van der Waals surface area contributed by atoms with Crippen molar-refractivity contribution in [3.05, 3.63) is 24.3 Å². The Kier molecular flexibility index (Phi) is 2.28. The van der Waals surface area contributed by atoms with Crippen LogP contribution in [-0.4, -0.2) is 6.29 Å². The summed E-state index contributed by atoms with van der Waals surface area (Å²) in [6, 6.07) is 0. The summed E-state index contributed by atoms with van der Waals surface area (Å²) >= 11 is 0. The molecule has 0 heterocycles. The Morgan fingerprint density at radius 3 is 2.64 bits per heavy atom. The van der Waals surface area contributed by atoms with E-state index in [1.165, 1.54) is 0 Å². The Morgan fingerprint density at radius 2 is 2.36 bits per heavy atom. The maximum Gasteiger partial charge on any atom is 0.130 e. The lowest BCUT2D eigenvalue weighted by molar-refractivity contribution is -0.114. The van der Waals surface area contributed by atoms with Crippen LogP contribution in [0.2, 0.25) is 0 Å². The summed E-state index contributed by atoms with van der Waals surface area (Å²) in [6.45, 7) is 5.79. The van der Waals surface area contributed by atoms with Crippen LogP contribution in [0.5, 0.6) is 0 Å². The van der Waals surface area contributed by atoms with E-state index in [-0.39, 0.29) is 5.41 Å². The molecule has 0 aliphatic heterocycles. The lowest BCUT2D eigenvalue weighted by atomic mass is 9.74. The second-order valence-corrected chi connectivity index (χ2v) is 3.27. The Morgan fingerprint density at radius 1 is 1.64 bits per heavy atom. The van der Waals surface area contributed by atoms with Crippen LogP contribution >= 0.6 is 0 Å². The maximum absolute atomic E-state index is 10.8. The average Bonchev–Trinajstić information content (AvgIpc) is 2.05. The quantitative estimate of drug-likeness (QED) is 0.436. The van der Waals surface area contributed by atoms with Gasteiger partial charge in [-0.1, -0.05) is 24.3 Å². The third kappa shape index (κ3) is 1.42. The van der Waals surface area contributed by atoms with Gasteiger partial charge in [-0.15, -0.1) is 0 Å². The summed E-state index contributed by atoms with van der Waals surface area (Å²) in [5, 5.41) is 0. The summed E-state index contributed by atoms with van der Waals surface area (Å²) in [4.78, 5) is 10.8. The van der Waals surface area contributed by atoms with E-state index in [0.717, 1.165) is 31.1 Å². The highest BCUT2D eigenvalue weighted by Crippen LogP contribution is 2.36. The minimum absolute atomic E-state index is 0.241. The van der Waals surface area contributed by atoms with Crippen molar-refractivity contribution in [1.29, 1.82) is 0 Å². The molecule has 0 saturated heterocycles. The van der Waals surface area contributed by atoms with Crippen molar-refractivity contribution < 1.29 is 4.79 Å². The molecule has 0 spiro atoms. The van der Waals surface area contributed by atoms with Crippen LogP contribution in [0.15, 0.2) is 24.3 Å². The molecule has 1 heteroatoms. The lowest BCUT2D eigenvalue weighted by Crippen LogP contribution is -2.24. The van der Waals surface area contributed by atoms with E-state index in [1.807, 2.05) is 6.92 Å². The van der Waals surface area contributed by atoms with Crippen molar-refractivity contribution in [3.63, 3.8) is 0 Å². The molecule has 1 aliphatic carbocycles. The van der Waals surface area contributed by atoms with Gasteiger partial charge in [0.05, 0.1) is 0 Å². The second kappa shape index (κ2) is 3.04. The average molecular weight is 150 g/mol. The smallest absolute Gasteiger partial charge is 0.130 e. The van der Waals surface area contributed by atoms with Gasteiger partial charge >= 0.3 is 0 Å². The Balaban J connectivity index is 2.83. The van der Waals surface area contributed by atoms with Crippen molar-refractivity contribution in [3.8, 4) is 0 Å². The summed E-state index contributed by atoms with van der Waals surface area (Å²) < 4.78 is 0. The molecular formula is C10H14O. The van der Waals surface area contributed by atoms with E-state index in [1.54, 1.807) is 0 Å². The molecule has 60 valence electrons. The van der Waals surface area contributed by atoms with Gasteiger partial charge in [0, 0.05) is 5.41 Å². The number of rotatable bonds is 2. The van der Waals surface area contributed by atoms with Crippen LogP contribution in [-0.2, 0) is 4.79 Å². The van der Waals surface area contributed by atoms with Gasteiger partial charge in [0.1, 0.15) is 6.29 Å². The molecule has 1 nitrogen and oxygen atoms in total. The van der Waals surface area contributed by atoms with Gasteiger partial charge < -0.3 is 4.79 Å². The minimum Gasteiger partial charge on any atom is -0.302 e. The zero-order valence-corrected chi connectivity index (χ0v) is 6.97. The van der Waals surface area contributed by atoms with Gasteiger partial charge in [-0.3, -0.25) is 0 Å². The fourth-order valence-corrected chi connectivity index (χ4v) is 1.45. The molecule has 1 rings (SSSR count). The Labute approximate surface area is 67.8 Å². The van der Waals surface area contributed by atoms with E-state index < -0.39 is 0 Å². The molecule has 11 heavy (non-hydrogen) atoms. The SMILES string of the molecule is C=C(C)[C@]1(C=O)CC=CCC1. The summed E-state index contributed by atoms with van der Waals surface area (Å²) in [5.74, 6) is 0. The first-order valence-electron chi connectivity index (χ1n) is 3.98. The van der Waals surface area contributed by atoms with Crippen LogP contribution in [0.3, 0.4) is 0 Å². The fraction of sp³-hybridized carbons (Fsp3) is 0.500. The molecule has 0 aromatic rings. The lowest BCUT2D eigenvalue weighted by Gasteiger charge is -2.29. The molecule has 1 atom stereocenters. The zero-order valence-electron chi connectivity index (χ0n) is 6.97. The summed E-state index contributed by atoms with van der Waals surface area (Å²) in [5.41, 5.74) is 0.756. The van der Waals surface area contributed by atoms with E-state index in [9.17, 15) is 4.79 Å². The molecule has 0 radical (unpaired) electrons. The van der Waals surface area contributed by atoms with Gasteiger partial charge in [-0.2, -0.15) is 0 Å². The molecule has 0 fully saturated rings. The zero-order chi connectivity index (χ0) is 8.32. The number of hydrogen-bond acceptors (Lipinski definition) is 1. The van der Waals surface area contributed by atoms with Crippen LogP contribution in [0.1, 0.15) is 26.2 Å². The minimum atomic E-state index is -0.241. The molecule has 0 N–H and O–H groups in total. The van der Waals surface area contributed by atoms with Gasteiger partial charge in [0.25, 0.3) is 0 Å². The number of hydrogen-bond donors (Lipinski definition) is 0. The van der Waals surface area contributed by atoms with Gasteiger partial charge in [-0.25, -0.2) is 0 Å². The van der Waals surface area contributed by atoms with Crippen molar-refractivity contribution in [2.24, 2.45) is 5.41 Å². The van der Waals surface area contributed by atoms with Crippen LogP contribution < -0.4 is 0 Å². The van der Waals surface area contributed by atoms with E-state index in [4.69, 9.17) is 0 Å². The Hall–Kier alpha value is -0.850. The first kappa shape index (κ1) is 8.25. The first-order chi connectivity index (χ1) is 5.21. The molecule has 0 aromatic heterocycles. The highest BCUT2D eigenvalue weighted by Gasteiger charge is 2.30.